The standard InChI is InChI=1S/C38H44N2O7/c1-6-22-46-37(43)30(25-28-14-10-8-11-15-28)26-40(31-18-20-32(45-5)21-19-31)34(29-16-12-9-13-17-29)35(41)36(42)39-33(24-27(3)4)38(44)47-23-7-2/h6-21,25,27,33-35,41H,1-2,22-24,26H2,3-5H3,(H,39,42)/b30-25+/t33-,34-,35-/m0/s1. The van der Waals surface area contributed by atoms with E-state index in [2.05, 4.69) is 18.5 Å². The van der Waals surface area contributed by atoms with Gasteiger partial charge in [0, 0.05) is 5.69 Å². The summed E-state index contributed by atoms with van der Waals surface area (Å²) in [6.45, 7) is 11.0. The molecular weight excluding hydrogens is 596 g/mol. The number of carbonyl (C=O) groups is 3. The number of amides is 1. The summed E-state index contributed by atoms with van der Waals surface area (Å²) in [7, 11) is 1.55. The highest BCUT2D eigenvalue weighted by Gasteiger charge is 2.36. The van der Waals surface area contributed by atoms with Crippen molar-refractivity contribution in [2.75, 3.05) is 31.8 Å². The fourth-order valence-electron chi connectivity index (χ4n) is 4.96. The second-order valence-corrected chi connectivity index (χ2v) is 11.2. The predicted molar refractivity (Wildman–Crippen MR) is 184 cm³/mol. The quantitative estimate of drug-likeness (QED) is 0.104. The first kappa shape index (κ1) is 36.3. The van der Waals surface area contributed by atoms with Gasteiger partial charge in [0.1, 0.15) is 25.0 Å². The van der Waals surface area contributed by atoms with Crippen LogP contribution in [0.2, 0.25) is 0 Å². The fourth-order valence-corrected chi connectivity index (χ4v) is 4.96. The summed E-state index contributed by atoms with van der Waals surface area (Å²) in [5, 5.41) is 14.6. The Labute approximate surface area is 277 Å². The van der Waals surface area contributed by atoms with Crippen LogP contribution in [-0.4, -0.2) is 62.0 Å². The van der Waals surface area contributed by atoms with Crippen molar-refractivity contribution in [1.82, 2.24) is 5.32 Å². The highest BCUT2D eigenvalue weighted by molar-refractivity contribution is 5.95. The van der Waals surface area contributed by atoms with Gasteiger partial charge in [-0.25, -0.2) is 9.59 Å². The van der Waals surface area contributed by atoms with E-state index < -0.39 is 36.0 Å². The first-order valence-electron chi connectivity index (χ1n) is 15.4. The number of esters is 2. The van der Waals surface area contributed by atoms with Crippen molar-refractivity contribution < 1.29 is 33.7 Å². The molecule has 2 N–H and O–H groups in total. The monoisotopic (exact) mass is 640 g/mol. The van der Waals surface area contributed by atoms with Crippen molar-refractivity contribution in [3.63, 3.8) is 0 Å². The zero-order valence-electron chi connectivity index (χ0n) is 27.2. The van der Waals surface area contributed by atoms with E-state index in [1.165, 1.54) is 12.2 Å². The summed E-state index contributed by atoms with van der Waals surface area (Å²) >= 11 is 0. The first-order chi connectivity index (χ1) is 22.7. The molecule has 0 spiro atoms. The fraction of sp³-hybridized carbons (Fsp3) is 0.289. The van der Waals surface area contributed by atoms with Gasteiger partial charge in [-0.1, -0.05) is 99.8 Å². The molecule has 248 valence electrons. The molecule has 0 radical (unpaired) electrons. The molecule has 0 aliphatic heterocycles. The molecule has 1 amide bonds. The summed E-state index contributed by atoms with van der Waals surface area (Å²) in [4.78, 5) is 42.0. The highest BCUT2D eigenvalue weighted by Crippen LogP contribution is 2.33. The van der Waals surface area contributed by atoms with Crippen molar-refractivity contribution in [1.29, 1.82) is 0 Å². The van der Waals surface area contributed by atoms with Gasteiger partial charge in [0.2, 0.25) is 0 Å². The number of nitrogens with one attached hydrogen (secondary N) is 1. The molecule has 9 nitrogen and oxygen atoms in total. The van der Waals surface area contributed by atoms with Crippen LogP contribution in [0.4, 0.5) is 5.69 Å². The largest absolute Gasteiger partial charge is 0.497 e. The summed E-state index contributed by atoms with van der Waals surface area (Å²) in [5.41, 5.74) is 2.22. The number of nitrogens with zero attached hydrogens (tertiary/aromatic N) is 1. The van der Waals surface area contributed by atoms with Crippen LogP contribution in [-0.2, 0) is 23.9 Å². The Bertz CT molecular complexity index is 1490. The van der Waals surface area contributed by atoms with Crippen LogP contribution in [0, 0.1) is 5.92 Å². The third-order valence-electron chi connectivity index (χ3n) is 7.18. The lowest BCUT2D eigenvalue weighted by molar-refractivity contribution is -0.148. The number of hydrogen-bond donors (Lipinski definition) is 2. The van der Waals surface area contributed by atoms with Gasteiger partial charge in [-0.3, -0.25) is 4.79 Å². The van der Waals surface area contributed by atoms with Gasteiger partial charge < -0.3 is 29.5 Å². The van der Waals surface area contributed by atoms with Gasteiger partial charge >= 0.3 is 11.9 Å². The number of hydrogen-bond acceptors (Lipinski definition) is 8. The van der Waals surface area contributed by atoms with Crippen LogP contribution in [0.5, 0.6) is 5.75 Å². The number of anilines is 1. The third kappa shape index (κ3) is 11.0. The molecule has 0 saturated heterocycles. The van der Waals surface area contributed by atoms with Crippen LogP contribution in [0.25, 0.3) is 6.08 Å². The molecule has 3 rings (SSSR count). The Kier molecular flexibility index (Phi) is 14.5. The molecule has 0 aliphatic rings. The van der Waals surface area contributed by atoms with E-state index in [0.717, 1.165) is 5.56 Å². The minimum Gasteiger partial charge on any atom is -0.497 e. The summed E-state index contributed by atoms with van der Waals surface area (Å²) in [6.07, 6.45) is 3.24. The lowest BCUT2D eigenvalue weighted by Gasteiger charge is -2.37. The minimum atomic E-state index is -1.69. The molecule has 0 aromatic heterocycles. The number of aliphatic hydroxyl groups is 1. The Morgan fingerprint density at radius 1 is 0.872 bits per heavy atom. The van der Waals surface area contributed by atoms with Gasteiger partial charge in [0.25, 0.3) is 5.91 Å². The van der Waals surface area contributed by atoms with Gasteiger partial charge in [-0.15, -0.1) is 0 Å². The van der Waals surface area contributed by atoms with Crippen molar-refractivity contribution in [3.8, 4) is 5.75 Å². The molecule has 0 fully saturated rings. The lowest BCUT2D eigenvalue weighted by atomic mass is 9.96. The molecule has 0 saturated carbocycles. The number of benzene rings is 3. The van der Waals surface area contributed by atoms with Gasteiger partial charge in [0.05, 0.1) is 25.3 Å². The summed E-state index contributed by atoms with van der Waals surface area (Å²) in [5.74, 6) is -1.34. The number of carbonyl (C=O) groups excluding carboxylic acids is 3. The van der Waals surface area contributed by atoms with Gasteiger partial charge in [0.15, 0.2) is 6.10 Å². The molecule has 3 aromatic carbocycles. The Morgan fingerprint density at radius 2 is 1.47 bits per heavy atom. The third-order valence-corrected chi connectivity index (χ3v) is 7.18. The van der Waals surface area contributed by atoms with E-state index >= 15 is 0 Å². The van der Waals surface area contributed by atoms with Crippen LogP contribution in [0.3, 0.4) is 0 Å². The van der Waals surface area contributed by atoms with Gasteiger partial charge in [-0.2, -0.15) is 0 Å². The maximum Gasteiger partial charge on any atom is 0.336 e. The molecule has 0 heterocycles. The number of aliphatic hydroxyl groups excluding tert-OH is 1. The smallest absolute Gasteiger partial charge is 0.336 e. The summed E-state index contributed by atoms with van der Waals surface area (Å²) in [6, 6.07) is 23.4. The van der Waals surface area contributed by atoms with Gasteiger partial charge in [-0.05, 0) is 53.8 Å². The Balaban J connectivity index is 2.14. The van der Waals surface area contributed by atoms with Crippen molar-refractivity contribution >= 4 is 29.6 Å². The molecule has 0 aliphatic carbocycles. The Hall–Kier alpha value is -5.15. The zero-order chi connectivity index (χ0) is 34.2. The average molecular weight is 641 g/mol. The maximum absolute atomic E-state index is 13.9. The first-order valence-corrected chi connectivity index (χ1v) is 15.4. The molecule has 0 bridgehead atoms. The van der Waals surface area contributed by atoms with Crippen molar-refractivity contribution in [2.45, 2.75) is 38.5 Å². The molecule has 3 aromatic rings. The van der Waals surface area contributed by atoms with Crippen molar-refractivity contribution in [2.24, 2.45) is 5.92 Å². The van der Waals surface area contributed by atoms with Crippen molar-refractivity contribution in [3.05, 3.63) is 127 Å². The van der Waals surface area contributed by atoms with E-state index in [9.17, 15) is 19.5 Å². The van der Waals surface area contributed by atoms with Crippen LogP contribution < -0.4 is 15.0 Å². The lowest BCUT2D eigenvalue weighted by Crippen LogP contribution is -2.51. The predicted octanol–water partition coefficient (Wildman–Crippen LogP) is 5.68. The topological polar surface area (TPSA) is 114 Å². The number of rotatable bonds is 18. The molecule has 3 atom stereocenters. The molecule has 0 unspecified atom stereocenters. The van der Waals surface area contributed by atoms with Crippen LogP contribution in [0.15, 0.2) is 116 Å². The minimum absolute atomic E-state index is 0.000162. The number of methoxy groups -OCH3 is 1. The van der Waals surface area contributed by atoms with E-state index in [1.807, 2.05) is 50.2 Å². The zero-order valence-corrected chi connectivity index (χ0v) is 27.2. The molecule has 47 heavy (non-hydrogen) atoms. The normalized spacial score (nSPS) is 13.1. The van der Waals surface area contributed by atoms with E-state index in [-0.39, 0.29) is 31.2 Å². The van der Waals surface area contributed by atoms with E-state index in [4.69, 9.17) is 14.2 Å². The SMILES string of the molecule is C=CCOC(=O)/C(=C/c1ccccc1)CN(c1ccc(OC)cc1)[C@@H](c1ccccc1)[C@H](O)C(=O)N[C@@H](CC(C)C)C(=O)OCC=C. The second-order valence-electron chi connectivity index (χ2n) is 11.2. The second kappa shape index (κ2) is 18.7. The Morgan fingerprint density at radius 3 is 2.04 bits per heavy atom. The average Bonchev–Trinajstić information content (AvgIpc) is 3.09. The summed E-state index contributed by atoms with van der Waals surface area (Å²) < 4.78 is 16.1. The van der Waals surface area contributed by atoms with E-state index in [0.29, 0.717) is 23.4 Å². The molecule has 9 heteroatoms. The highest BCUT2D eigenvalue weighted by atomic mass is 16.5. The van der Waals surface area contributed by atoms with Crippen LogP contribution in [0.1, 0.15) is 37.4 Å². The number of ether oxygens (including phenoxy) is 3. The maximum atomic E-state index is 13.9. The molecular formula is C38H44N2O7. The van der Waals surface area contributed by atoms with Crippen LogP contribution >= 0.6 is 0 Å². The van der Waals surface area contributed by atoms with E-state index in [1.54, 1.807) is 66.6 Å².